The molecule has 2 aromatic carbocycles. The SMILES string of the molecule is COc1cc(OC)c(Cl)c(-c2ccc(C#N)c3ncc(Cl)nc23)c1Cl. The normalized spacial score (nSPS) is 10.6. The highest BCUT2D eigenvalue weighted by Crippen LogP contribution is 2.47. The van der Waals surface area contributed by atoms with E-state index in [9.17, 15) is 5.26 Å². The molecule has 3 aromatic rings. The Morgan fingerprint density at radius 3 is 2.20 bits per heavy atom. The van der Waals surface area contributed by atoms with Crippen molar-refractivity contribution >= 4 is 45.8 Å². The van der Waals surface area contributed by atoms with E-state index in [0.29, 0.717) is 49.3 Å². The second-order valence-corrected chi connectivity index (χ2v) is 6.09. The number of benzene rings is 2. The smallest absolute Gasteiger partial charge is 0.148 e. The first-order chi connectivity index (χ1) is 12.0. The van der Waals surface area contributed by atoms with Crippen LogP contribution in [-0.2, 0) is 0 Å². The van der Waals surface area contributed by atoms with Crippen LogP contribution in [0.15, 0.2) is 24.4 Å². The number of ether oxygens (including phenoxy) is 2. The lowest BCUT2D eigenvalue weighted by Gasteiger charge is -2.16. The quantitative estimate of drug-likeness (QED) is 0.615. The molecular formula is C17H10Cl3N3O2. The van der Waals surface area contributed by atoms with Gasteiger partial charge in [-0.25, -0.2) is 9.97 Å². The van der Waals surface area contributed by atoms with E-state index in [2.05, 4.69) is 16.0 Å². The van der Waals surface area contributed by atoms with Gasteiger partial charge in [0.25, 0.3) is 0 Å². The van der Waals surface area contributed by atoms with E-state index in [0.717, 1.165) is 0 Å². The lowest BCUT2D eigenvalue weighted by atomic mass is 10.0. The molecule has 1 heterocycles. The second kappa shape index (κ2) is 6.93. The molecule has 0 spiro atoms. The van der Waals surface area contributed by atoms with Crippen LogP contribution in [0.1, 0.15) is 5.56 Å². The summed E-state index contributed by atoms with van der Waals surface area (Å²) in [7, 11) is 2.98. The zero-order chi connectivity index (χ0) is 18.1. The fourth-order valence-electron chi connectivity index (χ4n) is 2.49. The maximum absolute atomic E-state index is 9.30. The Morgan fingerprint density at radius 1 is 1.00 bits per heavy atom. The highest BCUT2D eigenvalue weighted by molar-refractivity contribution is 6.41. The van der Waals surface area contributed by atoms with Gasteiger partial charge in [0.2, 0.25) is 0 Å². The van der Waals surface area contributed by atoms with Gasteiger partial charge >= 0.3 is 0 Å². The Bertz CT molecular complexity index is 1000. The van der Waals surface area contributed by atoms with Crippen molar-refractivity contribution in [3.05, 3.63) is 45.2 Å². The third-order valence-electron chi connectivity index (χ3n) is 3.63. The predicted molar refractivity (Wildman–Crippen MR) is 97.8 cm³/mol. The first-order valence-corrected chi connectivity index (χ1v) is 8.10. The average molecular weight is 395 g/mol. The van der Waals surface area contributed by atoms with Crippen molar-refractivity contribution in [3.8, 4) is 28.7 Å². The van der Waals surface area contributed by atoms with E-state index in [1.54, 1.807) is 18.2 Å². The Kier molecular flexibility index (Phi) is 4.87. The molecule has 0 amide bonds. The minimum Gasteiger partial charge on any atom is -0.495 e. The number of hydrogen-bond donors (Lipinski definition) is 0. The van der Waals surface area contributed by atoms with Crippen LogP contribution in [0.4, 0.5) is 0 Å². The molecule has 0 radical (unpaired) electrons. The van der Waals surface area contributed by atoms with E-state index in [1.165, 1.54) is 20.4 Å². The predicted octanol–water partition coefficient (Wildman–Crippen LogP) is 5.15. The maximum Gasteiger partial charge on any atom is 0.148 e. The number of halogens is 3. The van der Waals surface area contributed by atoms with Crippen LogP contribution in [0.25, 0.3) is 22.2 Å². The van der Waals surface area contributed by atoms with E-state index in [-0.39, 0.29) is 5.15 Å². The van der Waals surface area contributed by atoms with Crippen LogP contribution in [0.3, 0.4) is 0 Å². The summed E-state index contributed by atoms with van der Waals surface area (Å²) in [4.78, 5) is 8.52. The van der Waals surface area contributed by atoms with Crippen LogP contribution in [-0.4, -0.2) is 24.2 Å². The fourth-order valence-corrected chi connectivity index (χ4v) is 3.33. The molecule has 1 aromatic heterocycles. The molecule has 8 heteroatoms. The molecule has 0 bridgehead atoms. The van der Waals surface area contributed by atoms with Crippen LogP contribution in [0.2, 0.25) is 15.2 Å². The molecule has 25 heavy (non-hydrogen) atoms. The molecule has 0 saturated carbocycles. The number of nitrogens with zero attached hydrogens (tertiary/aromatic N) is 3. The number of methoxy groups -OCH3 is 2. The van der Waals surface area contributed by atoms with Crippen molar-refractivity contribution in [1.29, 1.82) is 5.26 Å². The number of rotatable bonds is 3. The van der Waals surface area contributed by atoms with Crippen LogP contribution < -0.4 is 9.47 Å². The van der Waals surface area contributed by atoms with Gasteiger partial charge in [0.1, 0.15) is 28.2 Å². The molecule has 126 valence electrons. The van der Waals surface area contributed by atoms with E-state index < -0.39 is 0 Å². The molecule has 0 aliphatic rings. The maximum atomic E-state index is 9.30. The van der Waals surface area contributed by atoms with E-state index >= 15 is 0 Å². The lowest BCUT2D eigenvalue weighted by Crippen LogP contribution is -1.96. The highest BCUT2D eigenvalue weighted by atomic mass is 35.5. The average Bonchev–Trinajstić information content (AvgIpc) is 2.62. The zero-order valence-corrected chi connectivity index (χ0v) is 15.4. The van der Waals surface area contributed by atoms with Gasteiger partial charge in [-0.1, -0.05) is 40.9 Å². The molecular weight excluding hydrogens is 385 g/mol. The Morgan fingerprint density at radius 2 is 1.64 bits per heavy atom. The molecule has 0 N–H and O–H groups in total. The number of fused-ring (bicyclic) bond motifs is 1. The van der Waals surface area contributed by atoms with Crippen molar-refractivity contribution < 1.29 is 9.47 Å². The largest absolute Gasteiger partial charge is 0.495 e. The van der Waals surface area contributed by atoms with Crippen molar-refractivity contribution in [2.75, 3.05) is 14.2 Å². The molecule has 0 fully saturated rings. The molecule has 0 saturated heterocycles. The molecule has 0 aliphatic heterocycles. The first-order valence-electron chi connectivity index (χ1n) is 6.97. The summed E-state index contributed by atoms with van der Waals surface area (Å²) in [6, 6.07) is 6.99. The third kappa shape index (κ3) is 2.93. The molecule has 3 rings (SSSR count). The standard InChI is InChI=1S/C17H10Cl3N3O2/c1-24-10-5-11(25-2)15(20)13(14(10)19)9-4-3-8(6-21)16-17(9)23-12(18)7-22-16/h3-5,7H,1-2H3. The molecule has 5 nitrogen and oxygen atoms in total. The van der Waals surface area contributed by atoms with Gasteiger partial charge in [-0.15, -0.1) is 0 Å². The van der Waals surface area contributed by atoms with Gasteiger partial charge in [0, 0.05) is 17.2 Å². The monoisotopic (exact) mass is 393 g/mol. The van der Waals surface area contributed by atoms with Gasteiger partial charge in [-0.3, -0.25) is 0 Å². The van der Waals surface area contributed by atoms with Crippen molar-refractivity contribution in [2.24, 2.45) is 0 Å². The minimum atomic E-state index is 0.186. The molecule has 0 atom stereocenters. The summed E-state index contributed by atoms with van der Waals surface area (Å²) in [5.41, 5.74) is 2.20. The van der Waals surface area contributed by atoms with E-state index in [1.807, 2.05) is 0 Å². The lowest BCUT2D eigenvalue weighted by molar-refractivity contribution is 0.395. The number of hydrogen-bond acceptors (Lipinski definition) is 5. The third-order valence-corrected chi connectivity index (χ3v) is 4.57. The van der Waals surface area contributed by atoms with Crippen LogP contribution in [0.5, 0.6) is 11.5 Å². The Labute approximate surface area is 158 Å². The van der Waals surface area contributed by atoms with Crippen LogP contribution >= 0.6 is 34.8 Å². The molecule has 0 unspecified atom stereocenters. The summed E-state index contributed by atoms with van der Waals surface area (Å²) in [5.74, 6) is 0.788. The first kappa shape index (κ1) is 17.6. The summed E-state index contributed by atoms with van der Waals surface area (Å²) >= 11 is 19.0. The minimum absolute atomic E-state index is 0.186. The van der Waals surface area contributed by atoms with Crippen molar-refractivity contribution in [3.63, 3.8) is 0 Å². The summed E-state index contributed by atoms with van der Waals surface area (Å²) in [5, 5.41) is 10.1. The van der Waals surface area contributed by atoms with Gasteiger partial charge in [-0.2, -0.15) is 5.26 Å². The summed E-state index contributed by atoms with van der Waals surface area (Å²) in [6.45, 7) is 0. The van der Waals surface area contributed by atoms with Gasteiger partial charge in [0.15, 0.2) is 0 Å². The summed E-state index contributed by atoms with van der Waals surface area (Å²) in [6.07, 6.45) is 1.38. The van der Waals surface area contributed by atoms with Crippen LogP contribution in [0, 0.1) is 11.3 Å². The fraction of sp³-hybridized carbons (Fsp3) is 0.118. The summed E-state index contributed by atoms with van der Waals surface area (Å²) < 4.78 is 10.6. The van der Waals surface area contributed by atoms with E-state index in [4.69, 9.17) is 44.3 Å². The Hall–Kier alpha value is -2.26. The highest BCUT2D eigenvalue weighted by Gasteiger charge is 2.22. The van der Waals surface area contributed by atoms with Gasteiger partial charge in [-0.05, 0) is 6.07 Å². The van der Waals surface area contributed by atoms with Crippen molar-refractivity contribution in [1.82, 2.24) is 9.97 Å². The van der Waals surface area contributed by atoms with Gasteiger partial charge in [0.05, 0.1) is 41.5 Å². The van der Waals surface area contributed by atoms with Gasteiger partial charge < -0.3 is 9.47 Å². The molecule has 0 aliphatic carbocycles. The number of aromatic nitrogens is 2. The zero-order valence-electron chi connectivity index (χ0n) is 13.1. The van der Waals surface area contributed by atoms with Crippen molar-refractivity contribution in [2.45, 2.75) is 0 Å². The number of nitriles is 1. The second-order valence-electron chi connectivity index (χ2n) is 4.95. The Balaban J connectivity index is 2.46. The topological polar surface area (TPSA) is 68.0 Å².